The second-order valence-electron chi connectivity index (χ2n) is 8.76. The molecule has 152 valence electrons. The third-order valence-electron chi connectivity index (χ3n) is 6.77. The summed E-state index contributed by atoms with van der Waals surface area (Å²) in [4.78, 5) is 29.7. The molecule has 2 atom stereocenters. The van der Waals surface area contributed by atoms with Gasteiger partial charge in [0, 0.05) is 50.6 Å². The molecule has 1 aromatic rings. The van der Waals surface area contributed by atoms with Gasteiger partial charge in [-0.25, -0.2) is 0 Å². The van der Waals surface area contributed by atoms with E-state index in [4.69, 9.17) is 0 Å². The predicted octanol–water partition coefficient (Wildman–Crippen LogP) is 1.92. The summed E-state index contributed by atoms with van der Waals surface area (Å²) in [6.45, 7) is 5.95. The molecule has 6 heteroatoms. The number of carbonyl (C=O) groups is 2. The van der Waals surface area contributed by atoms with Crippen LogP contribution in [-0.4, -0.2) is 53.8 Å². The van der Waals surface area contributed by atoms with Gasteiger partial charge in [0.1, 0.15) is 0 Å². The van der Waals surface area contributed by atoms with Crippen LogP contribution < -0.4 is 10.9 Å². The van der Waals surface area contributed by atoms with Crippen LogP contribution in [0.1, 0.15) is 44.6 Å². The van der Waals surface area contributed by atoms with Crippen molar-refractivity contribution in [2.24, 2.45) is 11.3 Å². The lowest BCUT2D eigenvalue weighted by Gasteiger charge is -2.40. The molecule has 2 unspecified atom stereocenters. The van der Waals surface area contributed by atoms with Gasteiger partial charge in [-0.15, -0.1) is 0 Å². The molecule has 0 aromatic heterocycles. The number of piperidine rings is 1. The summed E-state index contributed by atoms with van der Waals surface area (Å²) in [5.41, 5.74) is 7.66. The maximum atomic E-state index is 13.0. The highest BCUT2D eigenvalue weighted by Gasteiger charge is 2.46. The number of likely N-dealkylation sites (tertiary alicyclic amines) is 2. The molecule has 3 fully saturated rings. The van der Waals surface area contributed by atoms with Gasteiger partial charge in [-0.1, -0.05) is 43.7 Å². The number of amides is 2. The first-order valence-corrected chi connectivity index (χ1v) is 10.7. The molecule has 2 amide bonds. The molecule has 4 rings (SSSR count). The monoisotopic (exact) mass is 384 g/mol. The van der Waals surface area contributed by atoms with E-state index in [1.165, 1.54) is 5.56 Å². The van der Waals surface area contributed by atoms with Crippen molar-refractivity contribution in [1.29, 1.82) is 0 Å². The highest BCUT2D eigenvalue weighted by molar-refractivity contribution is 5.81. The summed E-state index contributed by atoms with van der Waals surface area (Å²) in [6.07, 6.45) is 4.59. The fourth-order valence-electron chi connectivity index (χ4n) is 5.09. The standard InChI is InChI=1S/C22H32N4O2/c1-2-6-19-18(14-23-24-19)21(28)25-11-9-22(10-12-25)13-20(27)26(16-22)15-17-7-4-3-5-8-17/h3-5,7-8,18-19,23-24H,2,6,9-16H2,1H3. The Balaban J connectivity index is 1.33. The van der Waals surface area contributed by atoms with E-state index < -0.39 is 0 Å². The number of carbonyl (C=O) groups excluding carboxylic acids is 2. The Labute approximate surface area is 167 Å². The normalized spacial score (nSPS) is 27.0. The average molecular weight is 385 g/mol. The van der Waals surface area contributed by atoms with Gasteiger partial charge in [-0.3, -0.25) is 20.4 Å². The Kier molecular flexibility index (Phi) is 5.69. The molecule has 0 saturated carbocycles. The number of rotatable bonds is 5. The molecule has 1 aromatic carbocycles. The van der Waals surface area contributed by atoms with Crippen molar-refractivity contribution < 1.29 is 9.59 Å². The zero-order chi connectivity index (χ0) is 19.6. The van der Waals surface area contributed by atoms with Crippen LogP contribution in [0.15, 0.2) is 30.3 Å². The molecule has 0 aliphatic carbocycles. The molecule has 0 bridgehead atoms. The molecule has 3 saturated heterocycles. The third-order valence-corrected chi connectivity index (χ3v) is 6.77. The number of benzene rings is 1. The highest BCUT2D eigenvalue weighted by Crippen LogP contribution is 2.41. The summed E-state index contributed by atoms with van der Waals surface area (Å²) < 4.78 is 0. The largest absolute Gasteiger partial charge is 0.342 e. The molecule has 0 radical (unpaired) electrons. The molecule has 1 spiro atoms. The van der Waals surface area contributed by atoms with Crippen molar-refractivity contribution in [2.45, 2.75) is 51.6 Å². The van der Waals surface area contributed by atoms with Crippen LogP contribution in [0, 0.1) is 11.3 Å². The fourth-order valence-corrected chi connectivity index (χ4v) is 5.09. The Hall–Kier alpha value is -1.92. The molecule has 6 nitrogen and oxygen atoms in total. The second-order valence-corrected chi connectivity index (χ2v) is 8.76. The molecule has 3 aliphatic heterocycles. The summed E-state index contributed by atoms with van der Waals surface area (Å²) in [5, 5.41) is 0. The molecule has 3 aliphatic rings. The molecular weight excluding hydrogens is 352 g/mol. The van der Waals surface area contributed by atoms with E-state index >= 15 is 0 Å². The van der Waals surface area contributed by atoms with Gasteiger partial charge in [0.15, 0.2) is 0 Å². The number of nitrogens with one attached hydrogen (secondary N) is 2. The van der Waals surface area contributed by atoms with Gasteiger partial charge < -0.3 is 9.80 Å². The minimum absolute atomic E-state index is 0.0359. The first kappa shape index (κ1) is 19.4. The van der Waals surface area contributed by atoms with Crippen molar-refractivity contribution in [3.05, 3.63) is 35.9 Å². The zero-order valence-electron chi connectivity index (χ0n) is 16.8. The van der Waals surface area contributed by atoms with Crippen LogP contribution in [0.3, 0.4) is 0 Å². The van der Waals surface area contributed by atoms with Crippen LogP contribution in [0.5, 0.6) is 0 Å². The Bertz CT molecular complexity index is 700. The van der Waals surface area contributed by atoms with Gasteiger partial charge in [0.2, 0.25) is 11.8 Å². The minimum Gasteiger partial charge on any atom is -0.342 e. The second kappa shape index (κ2) is 8.21. The number of hydrazine groups is 1. The number of nitrogens with zero attached hydrogens (tertiary/aromatic N) is 2. The van der Waals surface area contributed by atoms with Crippen LogP contribution in [0.4, 0.5) is 0 Å². The van der Waals surface area contributed by atoms with E-state index in [-0.39, 0.29) is 29.2 Å². The lowest BCUT2D eigenvalue weighted by Crippen LogP contribution is -2.48. The Morgan fingerprint density at radius 1 is 1.21 bits per heavy atom. The predicted molar refractivity (Wildman–Crippen MR) is 108 cm³/mol. The summed E-state index contributed by atoms with van der Waals surface area (Å²) in [5.74, 6) is 0.570. The van der Waals surface area contributed by atoms with Gasteiger partial charge in [-0.2, -0.15) is 0 Å². The lowest BCUT2D eigenvalue weighted by atomic mass is 9.77. The minimum atomic E-state index is 0.0359. The van der Waals surface area contributed by atoms with E-state index in [9.17, 15) is 9.59 Å². The highest BCUT2D eigenvalue weighted by atomic mass is 16.2. The summed E-state index contributed by atoms with van der Waals surface area (Å²) >= 11 is 0. The Morgan fingerprint density at radius 2 is 1.96 bits per heavy atom. The number of hydrogen-bond acceptors (Lipinski definition) is 4. The van der Waals surface area contributed by atoms with Gasteiger partial charge >= 0.3 is 0 Å². The van der Waals surface area contributed by atoms with Crippen molar-refractivity contribution in [2.75, 3.05) is 26.2 Å². The van der Waals surface area contributed by atoms with E-state index in [0.29, 0.717) is 19.5 Å². The Morgan fingerprint density at radius 3 is 2.68 bits per heavy atom. The van der Waals surface area contributed by atoms with E-state index in [2.05, 4.69) is 29.9 Å². The first-order valence-electron chi connectivity index (χ1n) is 10.7. The van der Waals surface area contributed by atoms with Crippen molar-refractivity contribution in [3.63, 3.8) is 0 Å². The SMILES string of the molecule is CCCC1NNCC1C(=O)N1CCC2(CC1)CC(=O)N(Cc1ccccc1)C2. The summed E-state index contributed by atoms with van der Waals surface area (Å²) in [6, 6.07) is 10.4. The smallest absolute Gasteiger partial charge is 0.228 e. The fraction of sp³-hybridized carbons (Fsp3) is 0.636. The van der Waals surface area contributed by atoms with Crippen LogP contribution in [0.25, 0.3) is 0 Å². The van der Waals surface area contributed by atoms with E-state index in [1.807, 2.05) is 28.0 Å². The van der Waals surface area contributed by atoms with E-state index in [1.54, 1.807) is 0 Å². The quantitative estimate of drug-likeness (QED) is 0.814. The van der Waals surface area contributed by atoms with Crippen molar-refractivity contribution in [3.8, 4) is 0 Å². The summed E-state index contributed by atoms with van der Waals surface area (Å²) in [7, 11) is 0. The molecule has 2 N–H and O–H groups in total. The third kappa shape index (κ3) is 3.94. The van der Waals surface area contributed by atoms with Crippen molar-refractivity contribution >= 4 is 11.8 Å². The molecule has 28 heavy (non-hydrogen) atoms. The topological polar surface area (TPSA) is 64.7 Å². The van der Waals surface area contributed by atoms with Crippen molar-refractivity contribution in [1.82, 2.24) is 20.7 Å². The molecule has 3 heterocycles. The van der Waals surface area contributed by atoms with Gasteiger partial charge in [0.05, 0.1) is 5.92 Å². The lowest BCUT2D eigenvalue weighted by molar-refractivity contribution is -0.137. The van der Waals surface area contributed by atoms with Crippen LogP contribution in [0.2, 0.25) is 0 Å². The van der Waals surface area contributed by atoms with Gasteiger partial charge in [-0.05, 0) is 24.8 Å². The van der Waals surface area contributed by atoms with Crippen LogP contribution >= 0.6 is 0 Å². The average Bonchev–Trinajstić information content (AvgIpc) is 3.28. The first-order chi connectivity index (χ1) is 13.6. The maximum absolute atomic E-state index is 13.0. The number of hydrogen-bond donors (Lipinski definition) is 2. The maximum Gasteiger partial charge on any atom is 0.228 e. The zero-order valence-corrected chi connectivity index (χ0v) is 16.8. The van der Waals surface area contributed by atoms with Crippen LogP contribution in [-0.2, 0) is 16.1 Å². The molecular formula is C22H32N4O2. The van der Waals surface area contributed by atoms with E-state index in [0.717, 1.165) is 45.3 Å². The van der Waals surface area contributed by atoms with Gasteiger partial charge in [0.25, 0.3) is 0 Å².